The van der Waals surface area contributed by atoms with E-state index < -0.39 is 11.8 Å². The molecule has 7 heteroatoms. The number of hydrogen-bond donors (Lipinski definition) is 1. The van der Waals surface area contributed by atoms with E-state index in [0.717, 1.165) is 4.90 Å². The molecule has 24 heavy (non-hydrogen) atoms. The third kappa shape index (κ3) is 2.84. The zero-order valence-corrected chi connectivity index (χ0v) is 14.1. The van der Waals surface area contributed by atoms with E-state index in [2.05, 4.69) is 5.32 Å². The van der Waals surface area contributed by atoms with E-state index in [1.54, 1.807) is 48.5 Å². The van der Waals surface area contributed by atoms with Crippen LogP contribution < -0.4 is 15.0 Å². The van der Waals surface area contributed by atoms with Gasteiger partial charge in [-0.3, -0.25) is 9.59 Å². The third-order valence-electron chi connectivity index (χ3n) is 3.45. The van der Waals surface area contributed by atoms with E-state index in [1.165, 1.54) is 7.11 Å². The number of hydrogen-bond acceptors (Lipinski definition) is 4. The summed E-state index contributed by atoms with van der Waals surface area (Å²) in [7, 11) is 1.46. The summed E-state index contributed by atoms with van der Waals surface area (Å²) < 4.78 is 5.21. The molecule has 0 aromatic heterocycles. The molecule has 0 saturated carbocycles. The fourth-order valence-corrected chi connectivity index (χ4v) is 2.76. The largest absolute Gasteiger partial charge is 0.495 e. The molecule has 2 aromatic carbocycles. The van der Waals surface area contributed by atoms with E-state index >= 15 is 0 Å². The van der Waals surface area contributed by atoms with Crippen molar-refractivity contribution in [2.75, 3.05) is 17.3 Å². The Morgan fingerprint density at radius 3 is 2.46 bits per heavy atom. The number of ether oxygens (including phenoxy) is 1. The van der Waals surface area contributed by atoms with Crippen LogP contribution in [0.3, 0.4) is 0 Å². The van der Waals surface area contributed by atoms with Gasteiger partial charge in [-0.25, -0.2) is 4.90 Å². The highest BCUT2D eigenvalue weighted by Gasteiger charge is 2.40. The van der Waals surface area contributed by atoms with Gasteiger partial charge in [0.05, 0.1) is 12.8 Å². The van der Waals surface area contributed by atoms with Gasteiger partial charge in [-0.2, -0.15) is 0 Å². The Morgan fingerprint density at radius 2 is 1.75 bits per heavy atom. The number of nitrogens with one attached hydrogen (secondary N) is 1. The van der Waals surface area contributed by atoms with E-state index in [0.29, 0.717) is 22.1 Å². The summed E-state index contributed by atoms with van der Waals surface area (Å²) in [5.74, 6) is -0.780. The van der Waals surface area contributed by atoms with Crippen LogP contribution in [-0.4, -0.2) is 18.9 Å². The lowest BCUT2D eigenvalue weighted by molar-refractivity contribution is -0.120. The maximum Gasteiger partial charge on any atom is 0.283 e. The van der Waals surface area contributed by atoms with Crippen molar-refractivity contribution in [1.29, 1.82) is 0 Å². The molecule has 0 fully saturated rings. The number of rotatable bonds is 4. The van der Waals surface area contributed by atoms with Gasteiger partial charge in [-0.15, -0.1) is 0 Å². The molecular formula is C17H12Cl2N2O3. The molecule has 0 unspecified atom stereocenters. The van der Waals surface area contributed by atoms with Gasteiger partial charge < -0.3 is 10.1 Å². The number of para-hydroxylation sites is 2. The number of amides is 2. The van der Waals surface area contributed by atoms with Crippen LogP contribution in [-0.2, 0) is 9.59 Å². The van der Waals surface area contributed by atoms with Crippen LogP contribution in [0.25, 0.3) is 0 Å². The SMILES string of the molecule is COc1ccccc1N1C(=O)C(Cl)=C(Nc2cccc(Cl)c2)C1=O. The molecule has 2 amide bonds. The van der Waals surface area contributed by atoms with Crippen LogP contribution in [0.4, 0.5) is 11.4 Å². The molecule has 0 atom stereocenters. The maximum atomic E-state index is 12.7. The Bertz CT molecular complexity index is 864. The average Bonchev–Trinajstić information content (AvgIpc) is 2.78. The second-order valence-electron chi connectivity index (χ2n) is 4.94. The highest BCUT2D eigenvalue weighted by molar-refractivity contribution is 6.53. The van der Waals surface area contributed by atoms with Crippen LogP contribution in [0, 0.1) is 0 Å². The summed E-state index contributed by atoms with van der Waals surface area (Å²) in [6, 6.07) is 13.5. The summed E-state index contributed by atoms with van der Waals surface area (Å²) in [6.07, 6.45) is 0. The first-order chi connectivity index (χ1) is 11.5. The minimum absolute atomic E-state index is 0.00478. The first kappa shape index (κ1) is 16.4. The Morgan fingerprint density at radius 1 is 1.00 bits per heavy atom. The molecule has 1 heterocycles. The number of halogens is 2. The zero-order valence-electron chi connectivity index (χ0n) is 12.5. The van der Waals surface area contributed by atoms with Crippen LogP contribution in [0.2, 0.25) is 5.02 Å². The van der Waals surface area contributed by atoms with Gasteiger partial charge in [0, 0.05) is 10.7 Å². The fraction of sp³-hybridized carbons (Fsp3) is 0.0588. The molecule has 2 aromatic rings. The van der Waals surface area contributed by atoms with Crippen LogP contribution in [0.1, 0.15) is 0 Å². The Hall–Kier alpha value is -2.50. The molecule has 122 valence electrons. The van der Waals surface area contributed by atoms with E-state index in [-0.39, 0.29) is 10.7 Å². The molecular weight excluding hydrogens is 351 g/mol. The molecule has 3 rings (SSSR count). The predicted octanol–water partition coefficient (Wildman–Crippen LogP) is 3.78. The molecule has 1 aliphatic heterocycles. The first-order valence-corrected chi connectivity index (χ1v) is 7.72. The number of benzene rings is 2. The van der Waals surface area contributed by atoms with Gasteiger partial charge in [0.1, 0.15) is 16.5 Å². The van der Waals surface area contributed by atoms with Gasteiger partial charge in [0.2, 0.25) is 0 Å². The van der Waals surface area contributed by atoms with Gasteiger partial charge in [-0.05, 0) is 30.3 Å². The van der Waals surface area contributed by atoms with Crippen molar-refractivity contribution in [3.8, 4) is 5.75 Å². The van der Waals surface area contributed by atoms with Gasteiger partial charge >= 0.3 is 0 Å². The molecule has 1 aliphatic rings. The van der Waals surface area contributed by atoms with E-state index in [1.807, 2.05) is 0 Å². The normalized spacial score (nSPS) is 14.4. The summed E-state index contributed by atoms with van der Waals surface area (Å²) in [4.78, 5) is 26.1. The van der Waals surface area contributed by atoms with Crippen molar-refractivity contribution in [2.45, 2.75) is 0 Å². The summed E-state index contributed by atoms with van der Waals surface area (Å²) >= 11 is 12.0. The lowest BCUT2D eigenvalue weighted by atomic mass is 10.2. The number of methoxy groups -OCH3 is 1. The summed E-state index contributed by atoms with van der Waals surface area (Å²) in [5, 5.41) is 3.17. The summed E-state index contributed by atoms with van der Waals surface area (Å²) in [5.41, 5.74) is 0.879. The smallest absolute Gasteiger partial charge is 0.283 e. The molecule has 0 spiro atoms. The molecule has 5 nitrogen and oxygen atoms in total. The number of carbonyl (C=O) groups is 2. The molecule has 1 N–H and O–H groups in total. The molecule has 0 radical (unpaired) electrons. The second kappa shape index (κ2) is 6.55. The van der Waals surface area contributed by atoms with Crippen molar-refractivity contribution in [2.24, 2.45) is 0 Å². The van der Waals surface area contributed by atoms with Gasteiger partial charge in [0.15, 0.2) is 0 Å². The monoisotopic (exact) mass is 362 g/mol. The van der Waals surface area contributed by atoms with Crippen LogP contribution >= 0.6 is 23.2 Å². The van der Waals surface area contributed by atoms with Crippen LogP contribution in [0.5, 0.6) is 5.75 Å². The Balaban J connectivity index is 1.96. The van der Waals surface area contributed by atoms with E-state index in [9.17, 15) is 9.59 Å². The average molecular weight is 363 g/mol. The van der Waals surface area contributed by atoms with E-state index in [4.69, 9.17) is 27.9 Å². The second-order valence-corrected chi connectivity index (χ2v) is 5.76. The van der Waals surface area contributed by atoms with Crippen molar-refractivity contribution in [3.63, 3.8) is 0 Å². The van der Waals surface area contributed by atoms with Gasteiger partial charge in [0.25, 0.3) is 11.8 Å². The first-order valence-electron chi connectivity index (χ1n) is 6.97. The highest BCUT2D eigenvalue weighted by Crippen LogP contribution is 2.35. The summed E-state index contributed by atoms with van der Waals surface area (Å²) in [6.45, 7) is 0. The Labute approximate surface area is 148 Å². The van der Waals surface area contributed by atoms with Crippen molar-refractivity contribution >= 4 is 46.4 Å². The zero-order chi connectivity index (χ0) is 17.3. The molecule has 0 bridgehead atoms. The number of anilines is 2. The van der Waals surface area contributed by atoms with Crippen molar-refractivity contribution < 1.29 is 14.3 Å². The van der Waals surface area contributed by atoms with Gasteiger partial charge in [-0.1, -0.05) is 41.4 Å². The molecule has 0 aliphatic carbocycles. The fourth-order valence-electron chi connectivity index (χ4n) is 2.36. The lowest BCUT2D eigenvalue weighted by Gasteiger charge is -2.17. The third-order valence-corrected chi connectivity index (χ3v) is 4.03. The number of nitrogens with zero attached hydrogens (tertiary/aromatic N) is 1. The minimum Gasteiger partial charge on any atom is -0.495 e. The minimum atomic E-state index is -0.615. The molecule has 0 saturated heterocycles. The lowest BCUT2D eigenvalue weighted by Crippen LogP contribution is -2.32. The Kier molecular flexibility index (Phi) is 4.46. The number of carbonyl (C=O) groups excluding carboxylic acids is 2. The predicted molar refractivity (Wildman–Crippen MR) is 93.4 cm³/mol. The highest BCUT2D eigenvalue weighted by atomic mass is 35.5. The topological polar surface area (TPSA) is 58.6 Å². The van der Waals surface area contributed by atoms with Crippen molar-refractivity contribution in [3.05, 3.63) is 64.3 Å². The standard InChI is InChI=1S/C17H12Cl2N2O3/c1-24-13-8-3-2-7-12(13)21-16(22)14(19)15(17(21)23)20-11-6-4-5-10(18)9-11/h2-9,20H,1H3. The number of imide groups is 1. The quantitative estimate of drug-likeness (QED) is 0.840. The van der Waals surface area contributed by atoms with Crippen molar-refractivity contribution in [1.82, 2.24) is 0 Å². The van der Waals surface area contributed by atoms with Crippen LogP contribution in [0.15, 0.2) is 59.3 Å². The maximum absolute atomic E-state index is 12.7.